The molecule has 1 atom stereocenters. The summed E-state index contributed by atoms with van der Waals surface area (Å²) in [6, 6.07) is -0.336. The van der Waals surface area contributed by atoms with E-state index >= 15 is 0 Å². The predicted octanol–water partition coefficient (Wildman–Crippen LogP) is 0.551. The molecule has 14 heavy (non-hydrogen) atoms. The highest BCUT2D eigenvalue weighted by molar-refractivity contribution is 5.81. The van der Waals surface area contributed by atoms with E-state index in [1.165, 1.54) is 6.92 Å². The van der Waals surface area contributed by atoms with Gasteiger partial charge in [-0.15, -0.1) is 0 Å². The number of nitrogens with zero attached hydrogens (tertiary/aromatic N) is 1. The number of unbranched alkanes of at least 4 members (excludes halogenated alkanes) is 1. The Kier molecular flexibility index (Phi) is 6.12. The lowest BCUT2D eigenvalue weighted by Gasteiger charge is -2.14. The van der Waals surface area contributed by atoms with E-state index in [1.54, 1.807) is 18.9 Å². The summed E-state index contributed by atoms with van der Waals surface area (Å²) in [5, 5.41) is 0. The zero-order chi connectivity index (χ0) is 11.1. The summed E-state index contributed by atoms with van der Waals surface area (Å²) < 4.78 is 0. The first-order valence-corrected chi connectivity index (χ1v) is 4.93. The summed E-state index contributed by atoms with van der Waals surface area (Å²) >= 11 is 0. The lowest BCUT2D eigenvalue weighted by Crippen LogP contribution is -2.29. The number of ketones is 1. The first-order valence-electron chi connectivity index (χ1n) is 4.93. The minimum atomic E-state index is -0.336. The Hall–Kier alpha value is -0.900. The molecule has 0 aromatic heterocycles. The summed E-state index contributed by atoms with van der Waals surface area (Å²) in [6.07, 6.45) is 2.50. The van der Waals surface area contributed by atoms with Gasteiger partial charge < -0.3 is 10.6 Å². The maximum absolute atomic E-state index is 10.8. The highest BCUT2D eigenvalue weighted by Gasteiger charge is 2.07. The van der Waals surface area contributed by atoms with Crippen molar-refractivity contribution in [1.82, 2.24) is 4.90 Å². The molecule has 0 aromatic carbocycles. The van der Waals surface area contributed by atoms with Gasteiger partial charge in [0.2, 0.25) is 5.91 Å². The van der Waals surface area contributed by atoms with E-state index in [4.69, 9.17) is 5.73 Å². The maximum Gasteiger partial charge on any atom is 0.219 e. The molecule has 0 rings (SSSR count). The van der Waals surface area contributed by atoms with E-state index in [9.17, 15) is 9.59 Å². The molecule has 4 heteroatoms. The molecule has 0 heterocycles. The number of nitrogens with two attached hydrogens (primary N) is 1. The van der Waals surface area contributed by atoms with E-state index < -0.39 is 0 Å². The van der Waals surface area contributed by atoms with Crippen LogP contribution in [0.15, 0.2) is 0 Å². The van der Waals surface area contributed by atoms with Crippen LogP contribution in [0, 0.1) is 0 Å². The molecule has 0 aliphatic rings. The van der Waals surface area contributed by atoms with Gasteiger partial charge in [0, 0.05) is 20.5 Å². The molecule has 0 aliphatic heterocycles. The van der Waals surface area contributed by atoms with Crippen LogP contribution >= 0.6 is 0 Å². The van der Waals surface area contributed by atoms with Crippen LogP contribution in [0.1, 0.15) is 33.1 Å². The van der Waals surface area contributed by atoms with Crippen LogP contribution in [0.3, 0.4) is 0 Å². The molecule has 0 spiro atoms. The van der Waals surface area contributed by atoms with Gasteiger partial charge in [0.1, 0.15) is 5.78 Å². The summed E-state index contributed by atoms with van der Waals surface area (Å²) in [7, 11) is 1.77. The summed E-state index contributed by atoms with van der Waals surface area (Å²) in [6.45, 7) is 3.79. The van der Waals surface area contributed by atoms with Gasteiger partial charge in [0.05, 0.1) is 6.04 Å². The topological polar surface area (TPSA) is 63.4 Å². The second kappa shape index (κ2) is 6.54. The Morgan fingerprint density at radius 3 is 2.29 bits per heavy atom. The van der Waals surface area contributed by atoms with Crippen molar-refractivity contribution in [2.75, 3.05) is 13.6 Å². The fourth-order valence-corrected chi connectivity index (χ4v) is 1.07. The fourth-order valence-electron chi connectivity index (χ4n) is 1.07. The van der Waals surface area contributed by atoms with Gasteiger partial charge in [0.25, 0.3) is 0 Å². The predicted molar refractivity (Wildman–Crippen MR) is 55.8 cm³/mol. The van der Waals surface area contributed by atoms with Gasteiger partial charge >= 0.3 is 0 Å². The average Bonchev–Trinajstić information content (AvgIpc) is 2.11. The minimum absolute atomic E-state index is 0.0323. The van der Waals surface area contributed by atoms with Crippen molar-refractivity contribution < 1.29 is 9.59 Å². The quantitative estimate of drug-likeness (QED) is 0.637. The van der Waals surface area contributed by atoms with Gasteiger partial charge in [-0.05, 0) is 26.2 Å². The van der Waals surface area contributed by atoms with E-state index in [1.807, 2.05) is 0 Å². The first-order chi connectivity index (χ1) is 6.45. The third-order valence-electron chi connectivity index (χ3n) is 2.32. The average molecular weight is 200 g/mol. The normalized spacial score (nSPS) is 12.3. The lowest BCUT2D eigenvalue weighted by molar-refractivity contribution is -0.127. The zero-order valence-electron chi connectivity index (χ0n) is 9.25. The van der Waals surface area contributed by atoms with Crippen LogP contribution in [0.25, 0.3) is 0 Å². The molecular formula is C10H20N2O2. The molecule has 0 saturated carbocycles. The van der Waals surface area contributed by atoms with Crippen LogP contribution in [0.5, 0.6) is 0 Å². The molecule has 1 unspecified atom stereocenters. The van der Waals surface area contributed by atoms with Gasteiger partial charge in [-0.25, -0.2) is 0 Å². The highest BCUT2D eigenvalue weighted by Crippen LogP contribution is 2.01. The summed E-state index contributed by atoms with van der Waals surface area (Å²) in [5.74, 6) is 0.103. The van der Waals surface area contributed by atoms with Crippen molar-refractivity contribution in [3.63, 3.8) is 0 Å². The molecule has 4 nitrogen and oxygen atoms in total. The third-order valence-corrected chi connectivity index (χ3v) is 2.32. The van der Waals surface area contributed by atoms with Crippen molar-refractivity contribution in [2.45, 2.75) is 39.2 Å². The van der Waals surface area contributed by atoms with Crippen LogP contribution in [0.2, 0.25) is 0 Å². The minimum Gasteiger partial charge on any atom is -0.346 e. The lowest BCUT2D eigenvalue weighted by atomic mass is 10.1. The Balaban J connectivity index is 3.47. The molecule has 0 aliphatic carbocycles. The number of hydrogen-bond donors (Lipinski definition) is 1. The van der Waals surface area contributed by atoms with E-state index in [0.29, 0.717) is 6.42 Å². The molecule has 2 N–H and O–H groups in total. The van der Waals surface area contributed by atoms with Crippen LogP contribution in [-0.4, -0.2) is 36.2 Å². The maximum atomic E-state index is 10.8. The van der Waals surface area contributed by atoms with Crippen molar-refractivity contribution in [1.29, 1.82) is 0 Å². The van der Waals surface area contributed by atoms with Crippen molar-refractivity contribution >= 4 is 11.7 Å². The number of amides is 1. The molecule has 0 fully saturated rings. The zero-order valence-corrected chi connectivity index (χ0v) is 9.25. The van der Waals surface area contributed by atoms with Gasteiger partial charge in [-0.2, -0.15) is 0 Å². The molecular weight excluding hydrogens is 180 g/mol. The largest absolute Gasteiger partial charge is 0.346 e. The molecule has 1 amide bonds. The Bertz CT molecular complexity index is 182. The standard InChI is InChI=1S/C10H20N2O2/c1-8(13)10(11)6-4-5-7-12(3)9(2)14/h10H,4-7,11H2,1-3H3. The van der Waals surface area contributed by atoms with E-state index in [0.717, 1.165) is 19.4 Å². The summed E-state index contributed by atoms with van der Waals surface area (Å²) in [4.78, 5) is 23.3. The van der Waals surface area contributed by atoms with E-state index in [2.05, 4.69) is 0 Å². The van der Waals surface area contributed by atoms with Crippen LogP contribution in [0.4, 0.5) is 0 Å². The number of carbonyl (C=O) groups is 2. The van der Waals surface area contributed by atoms with Crippen LogP contribution < -0.4 is 5.73 Å². The number of Topliss-reactive ketones (excluding diaryl/α,β-unsaturated/α-hetero) is 1. The van der Waals surface area contributed by atoms with Gasteiger partial charge in [0.15, 0.2) is 0 Å². The third kappa shape index (κ3) is 5.70. The first kappa shape index (κ1) is 13.1. The molecule has 0 bridgehead atoms. The Morgan fingerprint density at radius 2 is 1.86 bits per heavy atom. The van der Waals surface area contributed by atoms with Crippen molar-refractivity contribution in [2.24, 2.45) is 5.73 Å². The number of rotatable bonds is 6. The fraction of sp³-hybridized carbons (Fsp3) is 0.800. The van der Waals surface area contributed by atoms with Gasteiger partial charge in [-0.1, -0.05) is 0 Å². The number of carbonyl (C=O) groups excluding carboxylic acids is 2. The molecule has 82 valence electrons. The smallest absolute Gasteiger partial charge is 0.219 e. The van der Waals surface area contributed by atoms with Gasteiger partial charge in [-0.3, -0.25) is 9.59 Å². The monoisotopic (exact) mass is 200 g/mol. The molecule has 0 aromatic rings. The molecule has 0 radical (unpaired) electrons. The van der Waals surface area contributed by atoms with Crippen LogP contribution in [-0.2, 0) is 9.59 Å². The van der Waals surface area contributed by atoms with Crippen molar-refractivity contribution in [3.05, 3.63) is 0 Å². The highest BCUT2D eigenvalue weighted by atomic mass is 16.2. The second-order valence-electron chi connectivity index (χ2n) is 3.65. The Morgan fingerprint density at radius 1 is 1.29 bits per heavy atom. The Labute approximate surface area is 85.4 Å². The van der Waals surface area contributed by atoms with Crippen molar-refractivity contribution in [3.8, 4) is 0 Å². The SMILES string of the molecule is CC(=O)C(N)CCCCN(C)C(C)=O. The number of hydrogen-bond acceptors (Lipinski definition) is 3. The summed E-state index contributed by atoms with van der Waals surface area (Å²) in [5.41, 5.74) is 5.56. The second-order valence-corrected chi connectivity index (χ2v) is 3.65. The molecule has 0 saturated heterocycles. The van der Waals surface area contributed by atoms with E-state index in [-0.39, 0.29) is 17.7 Å².